The number of nitrogens with one attached hydrogen (secondary N) is 1. The average molecular weight is 472 g/mol. The highest BCUT2D eigenvalue weighted by Gasteiger charge is 2.34. The number of fused-ring (bicyclic) bond motifs is 1. The molecule has 0 aliphatic heterocycles. The van der Waals surface area contributed by atoms with Gasteiger partial charge < -0.3 is 5.32 Å². The first-order valence-electron chi connectivity index (χ1n) is 10.1. The molecule has 0 atom stereocenters. The number of pyridine rings is 1. The Hall–Kier alpha value is -3.53. The summed E-state index contributed by atoms with van der Waals surface area (Å²) in [5, 5.41) is 3.70. The summed E-state index contributed by atoms with van der Waals surface area (Å²) >= 11 is 0. The van der Waals surface area contributed by atoms with Gasteiger partial charge in [0.15, 0.2) is 9.84 Å². The lowest BCUT2D eigenvalue weighted by Crippen LogP contribution is -2.08. The smallest absolute Gasteiger partial charge is 0.340 e. The number of hydrogen-bond acceptors (Lipinski definition) is 6. The molecule has 1 N–H and O–H groups in total. The van der Waals surface area contributed by atoms with Gasteiger partial charge in [-0.3, -0.25) is 4.98 Å². The van der Waals surface area contributed by atoms with E-state index in [1.54, 1.807) is 25.1 Å². The molecule has 0 saturated heterocycles. The number of aromatic nitrogens is 3. The minimum atomic E-state index is -4.53. The third kappa shape index (κ3) is 4.80. The normalized spacial score (nSPS) is 12.1. The number of rotatable bonds is 6. The van der Waals surface area contributed by atoms with Crippen LogP contribution < -0.4 is 5.32 Å². The number of nitrogens with zero attached hydrogens (tertiary/aromatic N) is 3. The molecule has 4 rings (SSSR count). The Morgan fingerprint density at radius 1 is 0.970 bits per heavy atom. The Morgan fingerprint density at radius 3 is 2.42 bits per heavy atom. The molecular weight excluding hydrogens is 453 g/mol. The Morgan fingerprint density at radius 2 is 1.73 bits per heavy atom. The van der Waals surface area contributed by atoms with Crippen LogP contribution in [0, 0.1) is 0 Å². The third-order valence-corrected chi connectivity index (χ3v) is 6.91. The maximum absolute atomic E-state index is 13.4. The maximum atomic E-state index is 13.4. The summed E-state index contributed by atoms with van der Waals surface area (Å²) in [6.45, 7) is 1.80. The maximum Gasteiger partial charge on any atom is 0.418 e. The first-order valence-corrected chi connectivity index (χ1v) is 11.7. The van der Waals surface area contributed by atoms with Gasteiger partial charge >= 0.3 is 6.18 Å². The zero-order valence-corrected chi connectivity index (χ0v) is 18.3. The first kappa shape index (κ1) is 22.7. The van der Waals surface area contributed by atoms with Gasteiger partial charge in [-0.15, -0.1) is 0 Å². The molecule has 2 aromatic carbocycles. The summed E-state index contributed by atoms with van der Waals surface area (Å²) in [6.07, 6.45) is -1.39. The van der Waals surface area contributed by atoms with Crippen LogP contribution in [0.5, 0.6) is 0 Å². The summed E-state index contributed by atoms with van der Waals surface area (Å²) in [6, 6.07) is 13.2. The molecule has 0 radical (unpaired) electrons. The standard InChI is InChI=1S/C23H19F3N4O2S/c1-2-12-33(31,32)17-8-6-16(7-9-17)30-22-18-10-5-15(13-20(18)28-14-29-22)21-19(23(24,25)26)4-3-11-27-21/h3-11,13-14H,2,12H2,1H3,(H,28,29,30). The zero-order valence-electron chi connectivity index (χ0n) is 17.5. The van der Waals surface area contributed by atoms with Crippen LogP contribution in [0.15, 0.2) is 72.0 Å². The van der Waals surface area contributed by atoms with Gasteiger partial charge in [0.1, 0.15) is 12.1 Å². The SMILES string of the molecule is CCCS(=O)(=O)c1ccc(Nc2ncnc3cc(-c4ncccc4C(F)(F)F)ccc23)cc1. The molecular formula is C23H19F3N4O2S. The van der Waals surface area contributed by atoms with Gasteiger partial charge in [-0.25, -0.2) is 18.4 Å². The van der Waals surface area contributed by atoms with E-state index in [0.29, 0.717) is 28.8 Å². The Labute approximate surface area is 188 Å². The second kappa shape index (κ2) is 8.78. The van der Waals surface area contributed by atoms with Crippen molar-refractivity contribution in [1.29, 1.82) is 0 Å². The van der Waals surface area contributed by atoms with E-state index in [9.17, 15) is 21.6 Å². The van der Waals surface area contributed by atoms with E-state index in [1.807, 2.05) is 0 Å². The van der Waals surface area contributed by atoms with E-state index in [2.05, 4.69) is 20.3 Å². The second-order valence-corrected chi connectivity index (χ2v) is 9.43. The van der Waals surface area contributed by atoms with Crippen molar-refractivity contribution >= 4 is 32.2 Å². The Balaban J connectivity index is 1.67. The van der Waals surface area contributed by atoms with Crippen molar-refractivity contribution in [3.8, 4) is 11.3 Å². The number of anilines is 2. The van der Waals surface area contributed by atoms with Crippen LogP contribution in [0.2, 0.25) is 0 Å². The van der Waals surface area contributed by atoms with Crippen molar-refractivity contribution in [3.05, 3.63) is 72.7 Å². The van der Waals surface area contributed by atoms with E-state index >= 15 is 0 Å². The van der Waals surface area contributed by atoms with E-state index in [1.165, 1.54) is 42.9 Å². The lowest BCUT2D eigenvalue weighted by molar-refractivity contribution is -0.137. The molecule has 0 amide bonds. The van der Waals surface area contributed by atoms with Crippen molar-refractivity contribution in [3.63, 3.8) is 0 Å². The predicted molar refractivity (Wildman–Crippen MR) is 120 cm³/mol. The minimum Gasteiger partial charge on any atom is -0.340 e. The fraction of sp³-hybridized carbons (Fsp3) is 0.174. The van der Waals surface area contributed by atoms with Crippen LogP contribution in [0.4, 0.5) is 24.7 Å². The van der Waals surface area contributed by atoms with Gasteiger partial charge in [-0.05, 0) is 55.0 Å². The number of benzene rings is 2. The molecule has 0 aliphatic carbocycles. The Bertz CT molecular complexity index is 1410. The van der Waals surface area contributed by atoms with Crippen LogP contribution in [0.25, 0.3) is 22.2 Å². The fourth-order valence-corrected chi connectivity index (χ4v) is 4.76. The fourth-order valence-electron chi connectivity index (χ4n) is 3.44. The number of halogens is 3. The van der Waals surface area contributed by atoms with Crippen LogP contribution in [0.3, 0.4) is 0 Å². The van der Waals surface area contributed by atoms with Crippen molar-refractivity contribution < 1.29 is 21.6 Å². The number of sulfone groups is 1. The third-order valence-electron chi connectivity index (χ3n) is 4.97. The van der Waals surface area contributed by atoms with E-state index < -0.39 is 21.6 Å². The summed E-state index contributed by atoms with van der Waals surface area (Å²) in [5.41, 5.74) is 0.328. The zero-order chi connectivity index (χ0) is 23.6. The van der Waals surface area contributed by atoms with Crippen LogP contribution in [0.1, 0.15) is 18.9 Å². The van der Waals surface area contributed by atoms with Gasteiger partial charge in [-0.1, -0.05) is 13.0 Å². The molecule has 6 nitrogen and oxygen atoms in total. The second-order valence-electron chi connectivity index (χ2n) is 7.32. The van der Waals surface area contributed by atoms with Gasteiger partial charge in [0.2, 0.25) is 0 Å². The Kier molecular flexibility index (Phi) is 6.03. The highest BCUT2D eigenvalue weighted by Crippen LogP contribution is 2.36. The van der Waals surface area contributed by atoms with Gasteiger partial charge in [-0.2, -0.15) is 13.2 Å². The van der Waals surface area contributed by atoms with Crippen molar-refractivity contribution in [2.24, 2.45) is 0 Å². The highest BCUT2D eigenvalue weighted by molar-refractivity contribution is 7.91. The van der Waals surface area contributed by atoms with E-state index in [4.69, 9.17) is 0 Å². The molecule has 0 unspecified atom stereocenters. The summed E-state index contributed by atoms with van der Waals surface area (Å²) in [7, 11) is -3.32. The van der Waals surface area contributed by atoms with E-state index in [-0.39, 0.29) is 21.9 Å². The monoisotopic (exact) mass is 472 g/mol. The largest absolute Gasteiger partial charge is 0.418 e. The lowest BCUT2D eigenvalue weighted by atomic mass is 10.0. The van der Waals surface area contributed by atoms with Crippen molar-refractivity contribution in [2.45, 2.75) is 24.4 Å². The predicted octanol–water partition coefficient (Wildman–Crippen LogP) is 5.64. The summed E-state index contributed by atoms with van der Waals surface area (Å²) in [5.74, 6) is 0.512. The molecule has 0 spiro atoms. The molecule has 0 fully saturated rings. The average Bonchev–Trinajstić information content (AvgIpc) is 2.79. The molecule has 33 heavy (non-hydrogen) atoms. The lowest BCUT2D eigenvalue weighted by Gasteiger charge is -2.13. The summed E-state index contributed by atoms with van der Waals surface area (Å²) in [4.78, 5) is 12.6. The summed E-state index contributed by atoms with van der Waals surface area (Å²) < 4.78 is 64.5. The van der Waals surface area contributed by atoms with Crippen LogP contribution in [-0.4, -0.2) is 29.1 Å². The van der Waals surface area contributed by atoms with Crippen molar-refractivity contribution in [2.75, 3.05) is 11.1 Å². The molecule has 0 aliphatic rings. The van der Waals surface area contributed by atoms with Crippen molar-refractivity contribution in [1.82, 2.24) is 15.0 Å². The molecule has 170 valence electrons. The van der Waals surface area contributed by atoms with Gasteiger partial charge in [0.05, 0.1) is 27.4 Å². The van der Waals surface area contributed by atoms with Gasteiger partial charge in [0.25, 0.3) is 0 Å². The number of hydrogen-bond donors (Lipinski definition) is 1. The number of alkyl halides is 3. The van der Waals surface area contributed by atoms with E-state index in [0.717, 1.165) is 6.07 Å². The topological polar surface area (TPSA) is 84.8 Å². The van der Waals surface area contributed by atoms with Crippen LogP contribution in [-0.2, 0) is 16.0 Å². The van der Waals surface area contributed by atoms with Crippen LogP contribution >= 0.6 is 0 Å². The molecule has 2 heterocycles. The molecule has 2 aromatic heterocycles. The quantitative estimate of drug-likeness (QED) is 0.391. The molecule has 4 aromatic rings. The molecule has 0 saturated carbocycles. The first-order chi connectivity index (χ1) is 15.7. The molecule has 10 heteroatoms. The molecule has 0 bridgehead atoms. The van der Waals surface area contributed by atoms with Gasteiger partial charge in [0, 0.05) is 22.8 Å². The minimum absolute atomic E-state index is 0.0744. The highest BCUT2D eigenvalue weighted by atomic mass is 32.2.